The highest BCUT2D eigenvalue weighted by Crippen LogP contribution is 2.25. The third kappa shape index (κ3) is 5.12. The minimum absolute atomic E-state index is 0.0362. The molecule has 1 aliphatic rings. The van der Waals surface area contributed by atoms with E-state index in [1.54, 1.807) is 6.20 Å². The highest BCUT2D eigenvalue weighted by Gasteiger charge is 2.29. The summed E-state index contributed by atoms with van der Waals surface area (Å²) in [4.78, 5) is 20.3. The molecule has 0 radical (unpaired) electrons. The summed E-state index contributed by atoms with van der Waals surface area (Å²) in [7, 11) is 0. The first-order chi connectivity index (χ1) is 10.2. The third-order valence-electron chi connectivity index (χ3n) is 3.26. The SMILES string of the molecule is Cc1nc(Br)cnc1OC1CCC(NC(=O)OC(C)(C)C)C1. The van der Waals surface area contributed by atoms with Crippen LogP contribution in [0.2, 0.25) is 0 Å². The molecule has 2 rings (SSSR count). The van der Waals surface area contributed by atoms with Gasteiger partial charge in [0.1, 0.15) is 22.0 Å². The summed E-state index contributed by atoms with van der Waals surface area (Å²) in [6, 6.07) is 0.0727. The van der Waals surface area contributed by atoms with Crippen LogP contribution in [0.25, 0.3) is 0 Å². The first kappa shape index (κ1) is 17.0. The molecule has 1 amide bonds. The van der Waals surface area contributed by atoms with E-state index in [1.807, 2.05) is 27.7 Å². The van der Waals surface area contributed by atoms with Gasteiger partial charge in [0.05, 0.1) is 6.20 Å². The Balaban J connectivity index is 1.84. The van der Waals surface area contributed by atoms with Crippen LogP contribution in [-0.2, 0) is 4.74 Å². The average molecular weight is 372 g/mol. The second kappa shape index (κ2) is 6.81. The number of carbonyl (C=O) groups excluding carboxylic acids is 1. The van der Waals surface area contributed by atoms with Gasteiger partial charge in [-0.05, 0) is 56.5 Å². The predicted molar refractivity (Wildman–Crippen MR) is 85.9 cm³/mol. The van der Waals surface area contributed by atoms with Gasteiger partial charge in [-0.2, -0.15) is 0 Å². The van der Waals surface area contributed by atoms with Crippen molar-refractivity contribution >= 4 is 22.0 Å². The zero-order chi connectivity index (χ0) is 16.3. The van der Waals surface area contributed by atoms with Gasteiger partial charge in [0.15, 0.2) is 0 Å². The van der Waals surface area contributed by atoms with E-state index >= 15 is 0 Å². The smallest absolute Gasteiger partial charge is 0.407 e. The maximum atomic E-state index is 11.8. The van der Waals surface area contributed by atoms with Gasteiger partial charge in [-0.1, -0.05) is 0 Å². The summed E-state index contributed by atoms with van der Waals surface area (Å²) in [6.07, 6.45) is 3.77. The van der Waals surface area contributed by atoms with E-state index in [4.69, 9.17) is 9.47 Å². The number of carbonyl (C=O) groups is 1. The van der Waals surface area contributed by atoms with Crippen molar-refractivity contribution in [2.24, 2.45) is 0 Å². The molecule has 1 N–H and O–H groups in total. The Kier molecular flexibility index (Phi) is 5.26. The van der Waals surface area contributed by atoms with Crippen LogP contribution in [0.1, 0.15) is 45.7 Å². The van der Waals surface area contributed by atoms with Crippen LogP contribution < -0.4 is 10.1 Å². The fourth-order valence-electron chi connectivity index (χ4n) is 2.37. The second-order valence-corrected chi connectivity index (χ2v) is 7.29. The molecular formula is C15H22BrN3O3. The molecule has 1 aliphatic carbocycles. The molecule has 2 atom stereocenters. The molecule has 0 aliphatic heterocycles. The van der Waals surface area contributed by atoms with Gasteiger partial charge < -0.3 is 14.8 Å². The van der Waals surface area contributed by atoms with Crippen molar-refractivity contribution in [3.05, 3.63) is 16.5 Å². The van der Waals surface area contributed by atoms with E-state index in [1.165, 1.54) is 0 Å². The van der Waals surface area contributed by atoms with Crippen molar-refractivity contribution in [1.82, 2.24) is 15.3 Å². The maximum Gasteiger partial charge on any atom is 0.407 e. The monoisotopic (exact) mass is 371 g/mol. The van der Waals surface area contributed by atoms with E-state index < -0.39 is 5.60 Å². The molecule has 22 heavy (non-hydrogen) atoms. The van der Waals surface area contributed by atoms with Gasteiger partial charge in [-0.15, -0.1) is 0 Å². The number of nitrogens with zero attached hydrogens (tertiary/aromatic N) is 2. The molecule has 0 aromatic carbocycles. The minimum Gasteiger partial charge on any atom is -0.473 e. The van der Waals surface area contributed by atoms with Gasteiger partial charge in [0, 0.05) is 12.5 Å². The lowest BCUT2D eigenvalue weighted by atomic mass is 10.2. The summed E-state index contributed by atoms with van der Waals surface area (Å²) in [6.45, 7) is 7.41. The molecule has 1 fully saturated rings. The summed E-state index contributed by atoms with van der Waals surface area (Å²) in [5.41, 5.74) is 0.265. The number of alkyl carbamates (subject to hydrolysis) is 1. The van der Waals surface area contributed by atoms with Gasteiger partial charge in [0.25, 0.3) is 0 Å². The standard InChI is InChI=1S/C15H22BrN3O3/c1-9-13(17-8-12(16)18-9)21-11-6-5-10(7-11)19-14(20)22-15(2,3)4/h8,10-11H,5-7H2,1-4H3,(H,19,20). The molecule has 7 heteroatoms. The topological polar surface area (TPSA) is 73.3 Å². The van der Waals surface area contributed by atoms with E-state index in [9.17, 15) is 4.79 Å². The number of halogens is 1. The number of aryl methyl sites for hydroxylation is 1. The molecule has 1 aromatic rings. The summed E-state index contributed by atoms with van der Waals surface area (Å²) >= 11 is 3.28. The van der Waals surface area contributed by atoms with E-state index in [2.05, 4.69) is 31.2 Å². The molecule has 1 saturated carbocycles. The number of ether oxygens (including phenoxy) is 2. The molecule has 0 spiro atoms. The Morgan fingerprint density at radius 3 is 2.77 bits per heavy atom. The van der Waals surface area contributed by atoms with Crippen LogP contribution >= 0.6 is 15.9 Å². The lowest BCUT2D eigenvalue weighted by Crippen LogP contribution is -2.38. The fraction of sp³-hybridized carbons (Fsp3) is 0.667. The quantitative estimate of drug-likeness (QED) is 0.881. The van der Waals surface area contributed by atoms with E-state index in [0.29, 0.717) is 10.5 Å². The van der Waals surface area contributed by atoms with Crippen LogP contribution in [-0.4, -0.2) is 33.8 Å². The number of hydrogen-bond acceptors (Lipinski definition) is 5. The summed E-state index contributed by atoms with van der Waals surface area (Å²) in [5.74, 6) is 0.547. The van der Waals surface area contributed by atoms with Crippen LogP contribution in [0, 0.1) is 6.92 Å². The van der Waals surface area contributed by atoms with Crippen molar-refractivity contribution in [3.63, 3.8) is 0 Å². The van der Waals surface area contributed by atoms with Crippen LogP contribution in [0.4, 0.5) is 4.79 Å². The van der Waals surface area contributed by atoms with Crippen LogP contribution in [0.3, 0.4) is 0 Å². The van der Waals surface area contributed by atoms with Gasteiger partial charge >= 0.3 is 6.09 Å². The molecule has 0 saturated heterocycles. The second-order valence-electron chi connectivity index (χ2n) is 6.48. The molecule has 2 unspecified atom stereocenters. The van der Waals surface area contributed by atoms with Crippen molar-refractivity contribution in [3.8, 4) is 5.88 Å². The first-order valence-electron chi connectivity index (χ1n) is 7.38. The molecule has 6 nitrogen and oxygen atoms in total. The first-order valence-corrected chi connectivity index (χ1v) is 8.17. The van der Waals surface area contributed by atoms with Gasteiger partial charge in [-0.3, -0.25) is 0 Å². The average Bonchev–Trinajstić information content (AvgIpc) is 2.77. The number of amides is 1. The number of aromatic nitrogens is 2. The lowest BCUT2D eigenvalue weighted by molar-refractivity contribution is 0.0502. The predicted octanol–water partition coefficient (Wildman–Crippen LogP) is 3.37. The molecular weight excluding hydrogens is 350 g/mol. The van der Waals surface area contributed by atoms with Crippen LogP contribution in [0.5, 0.6) is 5.88 Å². The largest absolute Gasteiger partial charge is 0.473 e. The lowest BCUT2D eigenvalue weighted by Gasteiger charge is -2.21. The molecule has 122 valence electrons. The summed E-state index contributed by atoms with van der Waals surface area (Å²) < 4.78 is 11.8. The third-order valence-corrected chi connectivity index (χ3v) is 3.64. The van der Waals surface area contributed by atoms with Crippen LogP contribution in [0.15, 0.2) is 10.8 Å². The van der Waals surface area contributed by atoms with Crippen molar-refractivity contribution in [2.75, 3.05) is 0 Å². The Morgan fingerprint density at radius 2 is 2.14 bits per heavy atom. The minimum atomic E-state index is -0.483. The van der Waals surface area contributed by atoms with E-state index in [0.717, 1.165) is 25.0 Å². The van der Waals surface area contributed by atoms with Crippen molar-refractivity contribution < 1.29 is 14.3 Å². The summed E-state index contributed by atoms with van der Waals surface area (Å²) in [5, 5.41) is 2.89. The highest BCUT2D eigenvalue weighted by molar-refractivity contribution is 9.10. The Hall–Kier alpha value is -1.37. The number of rotatable bonds is 3. The number of hydrogen-bond donors (Lipinski definition) is 1. The van der Waals surface area contributed by atoms with Gasteiger partial charge in [0.2, 0.25) is 5.88 Å². The maximum absolute atomic E-state index is 11.8. The Morgan fingerprint density at radius 1 is 1.41 bits per heavy atom. The normalized spacial score (nSPS) is 21.5. The van der Waals surface area contributed by atoms with E-state index in [-0.39, 0.29) is 18.2 Å². The van der Waals surface area contributed by atoms with Gasteiger partial charge in [-0.25, -0.2) is 14.8 Å². The molecule has 0 bridgehead atoms. The van der Waals surface area contributed by atoms with Crippen molar-refractivity contribution in [1.29, 1.82) is 0 Å². The zero-order valence-corrected chi connectivity index (χ0v) is 14.9. The highest BCUT2D eigenvalue weighted by atomic mass is 79.9. The molecule has 1 heterocycles. The van der Waals surface area contributed by atoms with Crippen molar-refractivity contribution in [2.45, 2.75) is 64.7 Å². The zero-order valence-electron chi connectivity index (χ0n) is 13.4. The number of nitrogens with one attached hydrogen (secondary N) is 1. The Labute approximate surface area is 139 Å². The molecule has 1 aromatic heterocycles. The fourth-order valence-corrected chi connectivity index (χ4v) is 2.74. The Bertz CT molecular complexity index is 545.